The number of halogens is 1. The lowest BCUT2D eigenvalue weighted by Gasteiger charge is -2.28. The first kappa shape index (κ1) is 28.0. The molecule has 2 atom stereocenters. The molecule has 10 heteroatoms. The fourth-order valence-electron chi connectivity index (χ4n) is 5.40. The Kier molecular flexibility index (Phi) is 7.85. The number of rotatable bonds is 8. The maximum atomic E-state index is 13.3. The van der Waals surface area contributed by atoms with Gasteiger partial charge in [0.2, 0.25) is 5.91 Å². The highest BCUT2D eigenvalue weighted by molar-refractivity contribution is 7.80. The number of aryl methyl sites for hydroxylation is 2. The van der Waals surface area contributed by atoms with Crippen LogP contribution in [0.5, 0.6) is 0 Å². The Bertz CT molecular complexity index is 1620. The summed E-state index contributed by atoms with van der Waals surface area (Å²) >= 11 is 5.78. The number of aromatic carboxylic acids is 1. The van der Waals surface area contributed by atoms with E-state index in [0.717, 1.165) is 33.9 Å². The van der Waals surface area contributed by atoms with E-state index in [4.69, 9.17) is 12.2 Å². The quantitative estimate of drug-likeness (QED) is 0.236. The van der Waals surface area contributed by atoms with E-state index in [1.165, 1.54) is 24.3 Å². The van der Waals surface area contributed by atoms with Gasteiger partial charge in [-0.1, -0.05) is 12.1 Å². The largest absolute Gasteiger partial charge is 0.478 e. The van der Waals surface area contributed by atoms with Crippen molar-refractivity contribution >= 4 is 34.9 Å². The fraction of sp³-hybridized carbons (Fsp3) is 0.226. The van der Waals surface area contributed by atoms with Crippen molar-refractivity contribution < 1.29 is 19.1 Å². The van der Waals surface area contributed by atoms with Gasteiger partial charge in [0.15, 0.2) is 5.11 Å². The van der Waals surface area contributed by atoms with E-state index in [9.17, 15) is 19.1 Å². The second-order valence-corrected chi connectivity index (χ2v) is 10.5. The first-order valence-corrected chi connectivity index (χ1v) is 13.6. The van der Waals surface area contributed by atoms with Crippen LogP contribution in [-0.2, 0) is 4.79 Å². The zero-order valence-electron chi connectivity index (χ0n) is 22.9. The number of benzene rings is 2. The lowest BCUT2D eigenvalue weighted by atomic mass is 9.96. The van der Waals surface area contributed by atoms with Crippen LogP contribution in [0.25, 0.3) is 5.69 Å². The number of carboxylic acid groups (broad SMARTS) is 1. The summed E-state index contributed by atoms with van der Waals surface area (Å²) in [6.45, 7) is 6.28. The Labute approximate surface area is 242 Å². The van der Waals surface area contributed by atoms with Gasteiger partial charge in [-0.3, -0.25) is 9.78 Å². The van der Waals surface area contributed by atoms with Crippen molar-refractivity contribution in [3.8, 4) is 5.69 Å². The standard InChI is InChI=1S/C31H30FN5O3S/c1-18-7-8-21(30(39)40)17-26(18)37-19(2)16-24(20(37)3)29-28(25-6-4-5-14-33-25)35-31(41)36(29)15-13-27(38)34-23-11-9-22(32)10-12-23/h4-12,14,16-17,28-29H,13,15H2,1-3H3,(H,34,38)(H,35,41)(H,39,40)/t28-,29+/m0/s1. The van der Waals surface area contributed by atoms with Crippen molar-refractivity contribution in [1.82, 2.24) is 19.8 Å². The average molecular weight is 572 g/mol. The molecule has 1 amide bonds. The Morgan fingerprint density at radius 1 is 1.07 bits per heavy atom. The van der Waals surface area contributed by atoms with Gasteiger partial charge in [0, 0.05) is 41.9 Å². The molecular weight excluding hydrogens is 541 g/mol. The molecule has 2 aromatic carbocycles. The molecule has 41 heavy (non-hydrogen) atoms. The van der Waals surface area contributed by atoms with Crippen LogP contribution in [0.4, 0.5) is 10.1 Å². The summed E-state index contributed by atoms with van der Waals surface area (Å²) in [5, 5.41) is 16.3. The molecule has 1 aliphatic heterocycles. The number of amides is 1. The van der Waals surface area contributed by atoms with Gasteiger partial charge in [-0.2, -0.15) is 0 Å². The van der Waals surface area contributed by atoms with Crippen LogP contribution in [0, 0.1) is 26.6 Å². The van der Waals surface area contributed by atoms with Gasteiger partial charge in [0.1, 0.15) is 5.82 Å². The third-order valence-electron chi connectivity index (χ3n) is 7.39. The van der Waals surface area contributed by atoms with E-state index in [2.05, 4.69) is 26.3 Å². The van der Waals surface area contributed by atoms with Crippen molar-refractivity contribution in [2.24, 2.45) is 0 Å². The maximum Gasteiger partial charge on any atom is 0.335 e. The van der Waals surface area contributed by atoms with Crippen LogP contribution in [0.1, 0.15) is 57.1 Å². The number of hydrogen-bond acceptors (Lipinski definition) is 4. The molecule has 0 spiro atoms. The Morgan fingerprint density at radius 3 is 2.51 bits per heavy atom. The average Bonchev–Trinajstić information content (AvgIpc) is 3.43. The molecule has 0 bridgehead atoms. The number of carboxylic acids is 1. The summed E-state index contributed by atoms with van der Waals surface area (Å²) in [7, 11) is 0. The summed E-state index contributed by atoms with van der Waals surface area (Å²) in [6.07, 6.45) is 1.89. The topological polar surface area (TPSA) is 99.5 Å². The Hall–Kier alpha value is -4.57. The molecule has 0 radical (unpaired) electrons. The van der Waals surface area contributed by atoms with Gasteiger partial charge in [-0.05, 0) is 98.7 Å². The van der Waals surface area contributed by atoms with E-state index in [-0.39, 0.29) is 35.8 Å². The maximum absolute atomic E-state index is 13.3. The third kappa shape index (κ3) is 5.69. The Morgan fingerprint density at radius 2 is 1.83 bits per heavy atom. The smallest absolute Gasteiger partial charge is 0.335 e. The molecule has 3 heterocycles. The summed E-state index contributed by atoms with van der Waals surface area (Å²) < 4.78 is 15.3. The lowest BCUT2D eigenvalue weighted by molar-refractivity contribution is -0.116. The van der Waals surface area contributed by atoms with Crippen LogP contribution in [0.15, 0.2) is 72.9 Å². The Balaban J connectivity index is 1.50. The molecule has 5 rings (SSSR count). The molecule has 0 unspecified atom stereocenters. The molecule has 1 saturated heterocycles. The second kappa shape index (κ2) is 11.5. The van der Waals surface area contributed by atoms with Crippen LogP contribution >= 0.6 is 12.2 Å². The molecule has 4 aromatic rings. The van der Waals surface area contributed by atoms with Gasteiger partial charge in [0.25, 0.3) is 0 Å². The number of carbonyl (C=O) groups is 2. The number of nitrogens with one attached hydrogen (secondary N) is 2. The van der Waals surface area contributed by atoms with Gasteiger partial charge in [-0.25, -0.2) is 9.18 Å². The van der Waals surface area contributed by atoms with E-state index < -0.39 is 5.97 Å². The van der Waals surface area contributed by atoms with Crippen molar-refractivity contribution in [2.45, 2.75) is 39.3 Å². The molecule has 1 fully saturated rings. The number of thiocarbonyl (C=S) groups is 1. The van der Waals surface area contributed by atoms with E-state index in [1.54, 1.807) is 18.3 Å². The molecule has 8 nitrogen and oxygen atoms in total. The number of pyridine rings is 1. The van der Waals surface area contributed by atoms with Gasteiger partial charge in [0.05, 0.1) is 23.3 Å². The van der Waals surface area contributed by atoms with Crippen LogP contribution in [0.2, 0.25) is 0 Å². The molecule has 1 aliphatic rings. The first-order chi connectivity index (χ1) is 19.6. The minimum Gasteiger partial charge on any atom is -0.478 e. The number of aromatic nitrogens is 2. The van der Waals surface area contributed by atoms with E-state index in [0.29, 0.717) is 17.3 Å². The van der Waals surface area contributed by atoms with Gasteiger partial charge in [-0.15, -0.1) is 0 Å². The summed E-state index contributed by atoms with van der Waals surface area (Å²) in [5.41, 5.74) is 6.14. The van der Waals surface area contributed by atoms with Crippen molar-refractivity contribution in [3.63, 3.8) is 0 Å². The van der Waals surface area contributed by atoms with Gasteiger partial charge < -0.3 is 25.2 Å². The number of nitrogens with zero attached hydrogens (tertiary/aromatic N) is 3. The van der Waals surface area contributed by atoms with Crippen LogP contribution in [0.3, 0.4) is 0 Å². The molecule has 3 N–H and O–H groups in total. The lowest BCUT2D eigenvalue weighted by Crippen LogP contribution is -2.32. The molecule has 0 saturated carbocycles. The molecule has 210 valence electrons. The predicted molar refractivity (Wildman–Crippen MR) is 159 cm³/mol. The number of hydrogen-bond donors (Lipinski definition) is 3. The summed E-state index contributed by atoms with van der Waals surface area (Å²) in [4.78, 5) is 31.2. The van der Waals surface area contributed by atoms with Crippen molar-refractivity contribution in [2.75, 3.05) is 11.9 Å². The van der Waals surface area contributed by atoms with Crippen LogP contribution < -0.4 is 10.6 Å². The number of carbonyl (C=O) groups excluding carboxylic acids is 1. The molecular formula is C31H30FN5O3S. The van der Waals surface area contributed by atoms with Crippen molar-refractivity contribution in [1.29, 1.82) is 0 Å². The molecule has 2 aromatic heterocycles. The number of anilines is 1. The molecule has 0 aliphatic carbocycles. The third-order valence-corrected chi connectivity index (χ3v) is 7.74. The highest BCUT2D eigenvalue weighted by atomic mass is 32.1. The first-order valence-electron chi connectivity index (χ1n) is 13.2. The SMILES string of the molecule is Cc1ccc(C(=O)O)cc1-n1c(C)cc([C@@H]2[C@H](c3ccccn3)NC(=S)N2CCC(=O)Nc2ccc(F)cc2)c1C. The van der Waals surface area contributed by atoms with E-state index in [1.807, 2.05) is 49.9 Å². The minimum absolute atomic E-state index is 0.156. The normalized spacial score (nSPS) is 16.5. The summed E-state index contributed by atoms with van der Waals surface area (Å²) in [6, 6.07) is 18.0. The van der Waals surface area contributed by atoms with E-state index >= 15 is 0 Å². The highest BCUT2D eigenvalue weighted by Crippen LogP contribution is 2.41. The monoisotopic (exact) mass is 571 g/mol. The van der Waals surface area contributed by atoms with Gasteiger partial charge >= 0.3 is 5.97 Å². The van der Waals surface area contributed by atoms with Crippen molar-refractivity contribution in [3.05, 3.63) is 113 Å². The second-order valence-electron chi connectivity index (χ2n) is 10.1. The van der Waals surface area contributed by atoms with Crippen LogP contribution in [-0.4, -0.2) is 43.1 Å². The predicted octanol–water partition coefficient (Wildman–Crippen LogP) is 5.64. The highest BCUT2D eigenvalue weighted by Gasteiger charge is 2.41. The minimum atomic E-state index is -0.986. The summed E-state index contributed by atoms with van der Waals surface area (Å²) in [5.74, 6) is -1.58. The fourth-order valence-corrected chi connectivity index (χ4v) is 5.74. The zero-order chi connectivity index (χ0) is 29.3. The zero-order valence-corrected chi connectivity index (χ0v) is 23.7.